The molecule has 0 aliphatic carbocycles. The number of morpholine rings is 1. The molecule has 0 unspecified atom stereocenters. The third-order valence-electron chi connectivity index (χ3n) is 5.43. The Morgan fingerprint density at radius 2 is 1.72 bits per heavy atom. The normalized spacial score (nSPS) is 16.2. The van der Waals surface area contributed by atoms with Crippen molar-refractivity contribution in [2.45, 2.75) is 45.6 Å². The van der Waals surface area contributed by atoms with Crippen LogP contribution < -0.4 is 10.6 Å². The molecule has 1 aromatic carbocycles. The minimum atomic E-state index is -0.144. The molecular formula is C23H33N3O2S. The third-order valence-corrected chi connectivity index (χ3v) is 6.40. The van der Waals surface area contributed by atoms with Crippen LogP contribution in [0.15, 0.2) is 35.7 Å². The van der Waals surface area contributed by atoms with E-state index < -0.39 is 0 Å². The summed E-state index contributed by atoms with van der Waals surface area (Å²) >= 11 is 1.74. The first kappa shape index (κ1) is 21.8. The standard InChI is InChI=1S/C23H33N3O2S/c1-16(2)18-7-5-8-19(17(3)4)22(18)25-23(27)24-15-20(21-9-6-14-29-21)26-10-12-28-13-11-26/h5-9,14,16-17,20H,10-13,15H2,1-4H3,(H2,24,25,27)/t20-/m1/s1. The molecule has 158 valence electrons. The quantitative estimate of drug-likeness (QED) is 0.654. The van der Waals surface area contributed by atoms with Gasteiger partial charge in [0.2, 0.25) is 0 Å². The molecule has 1 atom stereocenters. The Kier molecular flexibility index (Phi) is 7.70. The maximum absolute atomic E-state index is 12.9. The number of ether oxygens (including phenoxy) is 1. The van der Waals surface area contributed by atoms with Gasteiger partial charge < -0.3 is 15.4 Å². The molecule has 6 heteroatoms. The van der Waals surface area contributed by atoms with Crippen molar-refractivity contribution in [3.63, 3.8) is 0 Å². The van der Waals surface area contributed by atoms with E-state index in [-0.39, 0.29) is 12.1 Å². The zero-order chi connectivity index (χ0) is 20.8. The highest BCUT2D eigenvalue weighted by Crippen LogP contribution is 2.32. The molecule has 29 heavy (non-hydrogen) atoms. The highest BCUT2D eigenvalue weighted by atomic mass is 32.1. The monoisotopic (exact) mass is 415 g/mol. The molecule has 5 nitrogen and oxygen atoms in total. The van der Waals surface area contributed by atoms with E-state index in [9.17, 15) is 4.79 Å². The molecule has 2 heterocycles. The Morgan fingerprint density at radius 1 is 1.07 bits per heavy atom. The van der Waals surface area contributed by atoms with Crippen molar-refractivity contribution in [2.75, 3.05) is 38.2 Å². The highest BCUT2D eigenvalue weighted by molar-refractivity contribution is 7.10. The topological polar surface area (TPSA) is 53.6 Å². The van der Waals surface area contributed by atoms with E-state index >= 15 is 0 Å². The van der Waals surface area contributed by atoms with E-state index in [1.165, 1.54) is 16.0 Å². The number of carbonyl (C=O) groups excluding carboxylic acids is 1. The van der Waals surface area contributed by atoms with Gasteiger partial charge in [0.1, 0.15) is 0 Å². The van der Waals surface area contributed by atoms with Crippen LogP contribution in [0.3, 0.4) is 0 Å². The molecule has 0 saturated carbocycles. The van der Waals surface area contributed by atoms with E-state index in [4.69, 9.17) is 4.74 Å². The molecule has 1 aliphatic heterocycles. The molecule has 3 rings (SSSR count). The van der Waals surface area contributed by atoms with Crippen LogP contribution in [-0.2, 0) is 4.74 Å². The number of anilines is 1. The maximum atomic E-state index is 12.9. The minimum Gasteiger partial charge on any atom is -0.379 e. The SMILES string of the molecule is CC(C)c1cccc(C(C)C)c1NC(=O)NC[C@H](c1cccs1)N1CCOCC1. The summed E-state index contributed by atoms with van der Waals surface area (Å²) < 4.78 is 5.50. The number of hydrogen-bond donors (Lipinski definition) is 2. The summed E-state index contributed by atoms with van der Waals surface area (Å²) in [6.45, 7) is 12.5. The summed E-state index contributed by atoms with van der Waals surface area (Å²) in [6.07, 6.45) is 0. The molecule has 2 amide bonds. The molecular weight excluding hydrogens is 382 g/mol. The first-order chi connectivity index (χ1) is 14.0. The van der Waals surface area contributed by atoms with Gasteiger partial charge in [-0.05, 0) is 34.4 Å². The second-order valence-electron chi connectivity index (χ2n) is 8.14. The number of rotatable bonds is 7. The second kappa shape index (κ2) is 10.2. The van der Waals surface area contributed by atoms with E-state index in [1.807, 2.05) is 0 Å². The van der Waals surface area contributed by atoms with Gasteiger partial charge in [0, 0.05) is 30.2 Å². The average molecular weight is 416 g/mol. The van der Waals surface area contributed by atoms with E-state index in [0.717, 1.165) is 32.0 Å². The maximum Gasteiger partial charge on any atom is 0.319 e. The van der Waals surface area contributed by atoms with Crippen LogP contribution >= 0.6 is 11.3 Å². The largest absolute Gasteiger partial charge is 0.379 e. The number of carbonyl (C=O) groups is 1. The van der Waals surface area contributed by atoms with Crippen LogP contribution in [0.25, 0.3) is 0 Å². The molecule has 0 radical (unpaired) electrons. The van der Waals surface area contributed by atoms with Crippen LogP contribution in [0.5, 0.6) is 0 Å². The van der Waals surface area contributed by atoms with Gasteiger partial charge >= 0.3 is 6.03 Å². The number of benzene rings is 1. The number of nitrogens with one attached hydrogen (secondary N) is 2. The van der Waals surface area contributed by atoms with Gasteiger partial charge in [0.05, 0.1) is 19.3 Å². The van der Waals surface area contributed by atoms with E-state index in [1.54, 1.807) is 11.3 Å². The Hall–Kier alpha value is -1.89. The van der Waals surface area contributed by atoms with Gasteiger partial charge in [0.15, 0.2) is 0 Å². The summed E-state index contributed by atoms with van der Waals surface area (Å²) in [7, 11) is 0. The fraction of sp³-hybridized carbons (Fsp3) is 0.522. The summed E-state index contributed by atoms with van der Waals surface area (Å²) in [5.41, 5.74) is 3.30. The van der Waals surface area contributed by atoms with Crippen molar-refractivity contribution in [2.24, 2.45) is 0 Å². The number of nitrogens with zero attached hydrogens (tertiary/aromatic N) is 1. The van der Waals surface area contributed by atoms with Gasteiger partial charge in [-0.3, -0.25) is 4.90 Å². The van der Waals surface area contributed by atoms with Gasteiger partial charge in [-0.15, -0.1) is 11.3 Å². The summed E-state index contributed by atoms with van der Waals surface area (Å²) in [5.74, 6) is 0.687. The second-order valence-corrected chi connectivity index (χ2v) is 9.11. The van der Waals surface area contributed by atoms with Gasteiger partial charge in [-0.1, -0.05) is 52.0 Å². The fourth-order valence-corrected chi connectivity index (χ4v) is 4.68. The molecule has 2 N–H and O–H groups in total. The van der Waals surface area contributed by atoms with Crippen LogP contribution in [-0.4, -0.2) is 43.8 Å². The van der Waals surface area contributed by atoms with Crippen LogP contribution in [0.2, 0.25) is 0 Å². The lowest BCUT2D eigenvalue weighted by Crippen LogP contribution is -2.44. The Labute approximate surface area is 178 Å². The Bertz CT molecular complexity index is 757. The third kappa shape index (κ3) is 5.59. The number of thiophene rings is 1. The Balaban J connectivity index is 1.71. The summed E-state index contributed by atoms with van der Waals surface area (Å²) in [5, 5.41) is 8.37. The van der Waals surface area contributed by atoms with Crippen LogP contribution in [0.1, 0.15) is 61.6 Å². The summed E-state index contributed by atoms with van der Waals surface area (Å²) in [6, 6.07) is 10.5. The van der Waals surface area contributed by atoms with Crippen LogP contribution in [0.4, 0.5) is 10.5 Å². The average Bonchev–Trinajstić information content (AvgIpc) is 3.23. The van der Waals surface area contributed by atoms with Gasteiger partial charge in [0.25, 0.3) is 0 Å². The molecule has 0 bridgehead atoms. The van der Waals surface area contributed by atoms with E-state index in [2.05, 4.69) is 78.9 Å². The molecule has 1 aromatic heterocycles. The Morgan fingerprint density at radius 3 is 2.28 bits per heavy atom. The zero-order valence-corrected chi connectivity index (χ0v) is 18.7. The van der Waals surface area contributed by atoms with Crippen molar-refractivity contribution in [3.05, 3.63) is 51.7 Å². The number of para-hydroxylation sites is 1. The lowest BCUT2D eigenvalue weighted by Gasteiger charge is -2.34. The smallest absolute Gasteiger partial charge is 0.319 e. The van der Waals surface area contributed by atoms with Crippen molar-refractivity contribution in [1.82, 2.24) is 10.2 Å². The molecule has 1 fully saturated rings. The van der Waals surface area contributed by atoms with Gasteiger partial charge in [-0.25, -0.2) is 4.79 Å². The lowest BCUT2D eigenvalue weighted by atomic mass is 9.93. The lowest BCUT2D eigenvalue weighted by molar-refractivity contribution is 0.0175. The highest BCUT2D eigenvalue weighted by Gasteiger charge is 2.24. The molecule has 1 aliphatic rings. The predicted octanol–water partition coefficient (Wildman–Crippen LogP) is 5.19. The van der Waals surface area contributed by atoms with Crippen molar-refractivity contribution in [3.8, 4) is 0 Å². The molecule has 1 saturated heterocycles. The number of amides is 2. The van der Waals surface area contributed by atoms with Crippen molar-refractivity contribution in [1.29, 1.82) is 0 Å². The first-order valence-electron chi connectivity index (χ1n) is 10.5. The minimum absolute atomic E-state index is 0.144. The summed E-state index contributed by atoms with van der Waals surface area (Å²) in [4.78, 5) is 16.5. The van der Waals surface area contributed by atoms with Crippen molar-refractivity contribution >= 4 is 23.1 Å². The number of hydrogen-bond acceptors (Lipinski definition) is 4. The van der Waals surface area contributed by atoms with E-state index in [0.29, 0.717) is 18.4 Å². The van der Waals surface area contributed by atoms with Crippen LogP contribution in [0, 0.1) is 0 Å². The zero-order valence-electron chi connectivity index (χ0n) is 17.9. The van der Waals surface area contributed by atoms with Gasteiger partial charge in [-0.2, -0.15) is 0 Å². The molecule has 2 aromatic rings. The number of urea groups is 1. The van der Waals surface area contributed by atoms with Crippen molar-refractivity contribution < 1.29 is 9.53 Å². The molecule has 0 spiro atoms. The fourth-order valence-electron chi connectivity index (χ4n) is 3.82. The first-order valence-corrected chi connectivity index (χ1v) is 11.4. The predicted molar refractivity (Wildman–Crippen MR) is 121 cm³/mol.